The molecule has 21 heavy (non-hydrogen) atoms. The van der Waals surface area contributed by atoms with E-state index in [2.05, 4.69) is 25.2 Å². The highest BCUT2D eigenvalue weighted by Crippen LogP contribution is 2.08. The Morgan fingerprint density at radius 2 is 2.00 bits per heavy atom. The topological polar surface area (TPSA) is 49.4 Å². The van der Waals surface area contributed by atoms with E-state index >= 15 is 0 Å². The first-order valence-corrected chi connectivity index (χ1v) is 7.46. The van der Waals surface area contributed by atoms with Gasteiger partial charge in [-0.25, -0.2) is 0 Å². The zero-order chi connectivity index (χ0) is 15.8. The van der Waals surface area contributed by atoms with Crippen molar-refractivity contribution in [2.75, 3.05) is 13.1 Å². The van der Waals surface area contributed by atoms with Crippen molar-refractivity contribution in [2.45, 2.75) is 40.7 Å². The van der Waals surface area contributed by atoms with Crippen molar-refractivity contribution in [2.24, 2.45) is 5.92 Å². The van der Waals surface area contributed by atoms with Crippen LogP contribution in [0.4, 0.5) is 0 Å². The Morgan fingerprint density at radius 1 is 1.29 bits per heavy atom. The number of carbonyl (C=O) groups is 2. The smallest absolute Gasteiger partial charge is 0.221 e. The Kier molecular flexibility index (Phi) is 6.92. The lowest BCUT2D eigenvalue weighted by Crippen LogP contribution is -2.34. The normalized spacial score (nSPS) is 10.5. The molecule has 0 saturated heterocycles. The van der Waals surface area contributed by atoms with Crippen LogP contribution in [0.1, 0.15) is 38.3 Å². The van der Waals surface area contributed by atoms with E-state index in [4.69, 9.17) is 0 Å². The van der Waals surface area contributed by atoms with Gasteiger partial charge < -0.3 is 10.2 Å². The molecule has 1 rings (SSSR count). The molecule has 0 atom stereocenters. The minimum atomic E-state index is -0.00633. The summed E-state index contributed by atoms with van der Waals surface area (Å²) in [6.45, 7) is 9.36. The third-order valence-electron chi connectivity index (χ3n) is 3.22. The van der Waals surface area contributed by atoms with Gasteiger partial charge in [0.15, 0.2) is 0 Å². The number of carbonyl (C=O) groups excluding carboxylic acids is 2. The molecule has 0 aliphatic carbocycles. The minimum Gasteiger partial charge on any atom is -0.356 e. The van der Waals surface area contributed by atoms with Gasteiger partial charge in [0.05, 0.1) is 0 Å². The maximum atomic E-state index is 11.7. The van der Waals surface area contributed by atoms with Crippen molar-refractivity contribution in [1.82, 2.24) is 10.2 Å². The Balaban J connectivity index is 2.51. The van der Waals surface area contributed by atoms with Gasteiger partial charge in [0.25, 0.3) is 0 Å². The van der Waals surface area contributed by atoms with E-state index in [0.29, 0.717) is 32.0 Å². The van der Waals surface area contributed by atoms with Gasteiger partial charge in [0, 0.05) is 33.0 Å². The first kappa shape index (κ1) is 17.2. The van der Waals surface area contributed by atoms with Crippen LogP contribution in [-0.2, 0) is 16.1 Å². The fourth-order valence-electron chi connectivity index (χ4n) is 2.02. The molecular formula is C17H26N2O2. The second-order valence-corrected chi connectivity index (χ2v) is 5.88. The molecule has 0 unspecified atom stereocenters. The quantitative estimate of drug-likeness (QED) is 0.839. The van der Waals surface area contributed by atoms with E-state index in [9.17, 15) is 9.59 Å². The van der Waals surface area contributed by atoms with E-state index in [-0.39, 0.29) is 11.8 Å². The fourth-order valence-corrected chi connectivity index (χ4v) is 2.02. The van der Waals surface area contributed by atoms with E-state index in [1.54, 1.807) is 11.8 Å². The third kappa shape index (κ3) is 6.93. The summed E-state index contributed by atoms with van der Waals surface area (Å²) in [5.41, 5.74) is 2.26. The number of nitrogens with one attached hydrogen (secondary N) is 1. The molecule has 116 valence electrons. The fraction of sp³-hybridized carbons (Fsp3) is 0.529. The SMILES string of the molecule is CC(=O)N(CCC(=O)NCC(C)C)Cc1cccc(C)c1. The summed E-state index contributed by atoms with van der Waals surface area (Å²) in [5, 5.41) is 2.87. The molecule has 0 bridgehead atoms. The summed E-state index contributed by atoms with van der Waals surface area (Å²) in [6, 6.07) is 8.08. The lowest BCUT2D eigenvalue weighted by molar-refractivity contribution is -0.130. The van der Waals surface area contributed by atoms with Crippen molar-refractivity contribution in [3.8, 4) is 0 Å². The molecule has 0 heterocycles. The molecular weight excluding hydrogens is 264 g/mol. The number of amides is 2. The summed E-state index contributed by atoms with van der Waals surface area (Å²) in [7, 11) is 0. The largest absolute Gasteiger partial charge is 0.356 e. The van der Waals surface area contributed by atoms with Crippen molar-refractivity contribution < 1.29 is 9.59 Å². The Bertz CT molecular complexity index is 483. The molecule has 0 radical (unpaired) electrons. The van der Waals surface area contributed by atoms with Crippen LogP contribution in [0.15, 0.2) is 24.3 Å². The molecule has 0 aliphatic rings. The number of hydrogen-bond acceptors (Lipinski definition) is 2. The molecule has 1 aromatic rings. The first-order chi connectivity index (χ1) is 9.88. The average molecular weight is 290 g/mol. The maximum Gasteiger partial charge on any atom is 0.221 e. The van der Waals surface area contributed by atoms with Crippen LogP contribution in [-0.4, -0.2) is 29.8 Å². The van der Waals surface area contributed by atoms with Gasteiger partial charge in [-0.05, 0) is 18.4 Å². The summed E-state index contributed by atoms with van der Waals surface area (Å²) < 4.78 is 0. The van der Waals surface area contributed by atoms with Crippen LogP contribution in [0.2, 0.25) is 0 Å². The summed E-state index contributed by atoms with van der Waals surface area (Å²) in [5.74, 6) is 0.428. The van der Waals surface area contributed by atoms with Gasteiger partial charge in [0.1, 0.15) is 0 Å². The second kappa shape index (κ2) is 8.45. The van der Waals surface area contributed by atoms with Crippen molar-refractivity contribution in [1.29, 1.82) is 0 Å². The molecule has 4 heteroatoms. The molecule has 0 aromatic heterocycles. The summed E-state index contributed by atoms with van der Waals surface area (Å²) in [6.07, 6.45) is 0.345. The van der Waals surface area contributed by atoms with Crippen LogP contribution >= 0.6 is 0 Å². The van der Waals surface area contributed by atoms with Crippen molar-refractivity contribution >= 4 is 11.8 Å². The van der Waals surface area contributed by atoms with Crippen molar-refractivity contribution in [3.05, 3.63) is 35.4 Å². The van der Waals surface area contributed by atoms with Gasteiger partial charge in [0.2, 0.25) is 11.8 Å². The highest BCUT2D eigenvalue weighted by molar-refractivity contribution is 5.78. The van der Waals surface area contributed by atoms with E-state index in [0.717, 1.165) is 5.56 Å². The Labute approximate surface area is 127 Å². The second-order valence-electron chi connectivity index (χ2n) is 5.88. The summed E-state index contributed by atoms with van der Waals surface area (Å²) >= 11 is 0. The summed E-state index contributed by atoms with van der Waals surface area (Å²) in [4.78, 5) is 25.2. The molecule has 1 aromatic carbocycles. The number of benzene rings is 1. The van der Waals surface area contributed by atoms with Crippen LogP contribution in [0.3, 0.4) is 0 Å². The molecule has 0 saturated carbocycles. The zero-order valence-corrected chi connectivity index (χ0v) is 13.5. The predicted octanol–water partition coefficient (Wildman–Crippen LogP) is 2.51. The monoisotopic (exact) mass is 290 g/mol. The van der Waals surface area contributed by atoms with Crippen LogP contribution in [0.5, 0.6) is 0 Å². The maximum absolute atomic E-state index is 11.7. The average Bonchev–Trinajstić information content (AvgIpc) is 2.40. The lowest BCUT2D eigenvalue weighted by Gasteiger charge is -2.21. The number of rotatable bonds is 7. The Morgan fingerprint density at radius 3 is 2.57 bits per heavy atom. The molecule has 4 nitrogen and oxygen atoms in total. The van der Waals surface area contributed by atoms with Crippen LogP contribution in [0, 0.1) is 12.8 Å². The van der Waals surface area contributed by atoms with Gasteiger partial charge in [-0.1, -0.05) is 43.7 Å². The van der Waals surface area contributed by atoms with E-state index < -0.39 is 0 Å². The first-order valence-electron chi connectivity index (χ1n) is 7.46. The molecule has 2 amide bonds. The number of nitrogens with zero attached hydrogens (tertiary/aromatic N) is 1. The van der Waals surface area contributed by atoms with Gasteiger partial charge in [-0.2, -0.15) is 0 Å². The number of aryl methyl sites for hydroxylation is 1. The van der Waals surface area contributed by atoms with Gasteiger partial charge in [-0.15, -0.1) is 0 Å². The van der Waals surface area contributed by atoms with Crippen molar-refractivity contribution in [3.63, 3.8) is 0 Å². The van der Waals surface area contributed by atoms with E-state index in [1.165, 1.54) is 5.56 Å². The lowest BCUT2D eigenvalue weighted by atomic mass is 10.1. The van der Waals surface area contributed by atoms with Gasteiger partial charge >= 0.3 is 0 Å². The minimum absolute atomic E-state index is 0.000748. The molecule has 0 aliphatic heterocycles. The molecule has 0 spiro atoms. The van der Waals surface area contributed by atoms with Gasteiger partial charge in [-0.3, -0.25) is 9.59 Å². The zero-order valence-electron chi connectivity index (χ0n) is 13.5. The highest BCUT2D eigenvalue weighted by Gasteiger charge is 2.12. The standard InChI is InChI=1S/C17H26N2O2/c1-13(2)11-18-17(21)8-9-19(15(4)20)12-16-7-5-6-14(3)10-16/h5-7,10,13H,8-9,11-12H2,1-4H3,(H,18,21). The molecule has 0 fully saturated rings. The number of hydrogen-bond donors (Lipinski definition) is 1. The Hall–Kier alpha value is -1.84. The highest BCUT2D eigenvalue weighted by atomic mass is 16.2. The molecule has 1 N–H and O–H groups in total. The van der Waals surface area contributed by atoms with E-state index in [1.807, 2.05) is 25.1 Å². The third-order valence-corrected chi connectivity index (χ3v) is 3.22. The predicted molar refractivity (Wildman–Crippen MR) is 84.7 cm³/mol. The van der Waals surface area contributed by atoms with Crippen LogP contribution < -0.4 is 5.32 Å². The van der Waals surface area contributed by atoms with Crippen LogP contribution in [0.25, 0.3) is 0 Å².